The van der Waals surface area contributed by atoms with Gasteiger partial charge in [-0.15, -0.1) is 0 Å². The average Bonchev–Trinajstić information content (AvgIpc) is 2.45. The predicted molar refractivity (Wildman–Crippen MR) is 76.5 cm³/mol. The summed E-state index contributed by atoms with van der Waals surface area (Å²) in [6.07, 6.45) is 4.70. The number of amides is 1. The Hall–Kier alpha value is -2.11. The molecule has 0 aliphatic heterocycles. The molecule has 0 aromatic heterocycles. The average molecular weight is 294 g/mol. The first kappa shape index (κ1) is 15.3. The highest BCUT2D eigenvalue weighted by Crippen LogP contribution is 2.29. The number of anilines is 1. The van der Waals surface area contributed by atoms with E-state index in [1.807, 2.05) is 0 Å². The first-order valence-corrected chi connectivity index (χ1v) is 7.08. The normalized spacial score (nSPS) is 17.2. The fourth-order valence-corrected chi connectivity index (χ4v) is 2.91. The topological polar surface area (TPSA) is 92.4 Å². The van der Waals surface area contributed by atoms with Gasteiger partial charge in [0.15, 0.2) is 0 Å². The first-order valence-electron chi connectivity index (χ1n) is 7.08. The minimum absolute atomic E-state index is 0.0276. The maximum absolute atomic E-state index is 13.7. The Morgan fingerprint density at radius 2 is 1.95 bits per heavy atom. The van der Waals surface area contributed by atoms with Gasteiger partial charge in [-0.05, 0) is 30.9 Å². The number of primary amides is 1. The first-order chi connectivity index (χ1) is 10.0. The van der Waals surface area contributed by atoms with Crippen molar-refractivity contribution in [3.8, 4) is 0 Å². The number of nitrogens with two attached hydrogens (primary N) is 1. The minimum atomic E-state index is -0.999. The number of carboxylic acid groups (broad SMARTS) is 1. The summed E-state index contributed by atoms with van der Waals surface area (Å²) in [6, 6.07) is 3.18. The molecule has 0 radical (unpaired) electrons. The molecule has 1 amide bonds. The second-order valence-electron chi connectivity index (χ2n) is 5.38. The van der Waals surface area contributed by atoms with E-state index in [2.05, 4.69) is 5.32 Å². The molecule has 1 aromatic rings. The van der Waals surface area contributed by atoms with Crippen LogP contribution in [0.5, 0.6) is 0 Å². The molecule has 4 N–H and O–H groups in total. The highest BCUT2D eigenvalue weighted by Gasteiger charge is 2.30. The van der Waals surface area contributed by atoms with Gasteiger partial charge in [0.1, 0.15) is 11.9 Å². The SMILES string of the molecule is NC(=O)c1c(F)cccc1NC(C(=O)O)C1CCCCC1. The number of hydrogen-bond acceptors (Lipinski definition) is 3. The van der Waals surface area contributed by atoms with Gasteiger partial charge in [-0.1, -0.05) is 25.3 Å². The highest BCUT2D eigenvalue weighted by molar-refractivity contribution is 5.99. The number of halogens is 1. The van der Waals surface area contributed by atoms with Crippen molar-refractivity contribution in [3.63, 3.8) is 0 Å². The van der Waals surface area contributed by atoms with Gasteiger partial charge in [-0.2, -0.15) is 0 Å². The third-order valence-corrected chi connectivity index (χ3v) is 3.96. The van der Waals surface area contributed by atoms with E-state index >= 15 is 0 Å². The van der Waals surface area contributed by atoms with E-state index in [4.69, 9.17) is 5.73 Å². The van der Waals surface area contributed by atoms with Gasteiger partial charge < -0.3 is 16.2 Å². The molecular weight excluding hydrogens is 275 g/mol. The molecule has 114 valence electrons. The molecule has 6 heteroatoms. The largest absolute Gasteiger partial charge is 0.480 e. The zero-order chi connectivity index (χ0) is 15.4. The van der Waals surface area contributed by atoms with Gasteiger partial charge in [0, 0.05) is 0 Å². The summed E-state index contributed by atoms with van der Waals surface area (Å²) in [7, 11) is 0. The van der Waals surface area contributed by atoms with Gasteiger partial charge in [0.2, 0.25) is 0 Å². The summed E-state index contributed by atoms with van der Waals surface area (Å²) in [5, 5.41) is 12.2. The Balaban J connectivity index is 2.27. The predicted octanol–water partition coefficient (Wildman–Crippen LogP) is 2.37. The van der Waals surface area contributed by atoms with Crippen LogP contribution in [0.3, 0.4) is 0 Å². The Bertz CT molecular complexity index is 542. The van der Waals surface area contributed by atoms with Crippen LogP contribution in [0.2, 0.25) is 0 Å². The molecule has 1 aliphatic rings. The monoisotopic (exact) mass is 294 g/mol. The van der Waals surface area contributed by atoms with Crippen molar-refractivity contribution < 1.29 is 19.1 Å². The molecular formula is C15H19FN2O3. The van der Waals surface area contributed by atoms with Crippen LogP contribution in [0.4, 0.5) is 10.1 Å². The molecule has 1 aliphatic carbocycles. The van der Waals surface area contributed by atoms with Crippen LogP contribution in [0.15, 0.2) is 18.2 Å². The smallest absolute Gasteiger partial charge is 0.326 e. The van der Waals surface area contributed by atoms with E-state index in [0.29, 0.717) is 0 Å². The van der Waals surface area contributed by atoms with Crippen LogP contribution in [-0.4, -0.2) is 23.0 Å². The van der Waals surface area contributed by atoms with Gasteiger partial charge in [-0.25, -0.2) is 9.18 Å². The number of rotatable bonds is 5. The van der Waals surface area contributed by atoms with Crippen LogP contribution in [-0.2, 0) is 4.79 Å². The molecule has 0 bridgehead atoms. The summed E-state index contributed by atoms with van der Waals surface area (Å²) in [4.78, 5) is 22.9. The number of aliphatic carboxylic acids is 1. The standard InChI is InChI=1S/C15H19FN2O3/c16-10-7-4-8-11(12(10)14(17)19)18-13(15(20)21)9-5-2-1-3-6-9/h4,7-9,13,18H,1-3,5-6H2,(H2,17,19)(H,20,21). The van der Waals surface area contributed by atoms with E-state index in [1.54, 1.807) is 0 Å². The summed E-state index contributed by atoms with van der Waals surface area (Å²) in [5.41, 5.74) is 5.03. The molecule has 0 spiro atoms. The fraction of sp³-hybridized carbons (Fsp3) is 0.467. The second kappa shape index (κ2) is 6.56. The van der Waals surface area contributed by atoms with Gasteiger partial charge >= 0.3 is 5.97 Å². The molecule has 1 aromatic carbocycles. The minimum Gasteiger partial charge on any atom is -0.480 e. The van der Waals surface area contributed by atoms with Gasteiger partial charge in [0.05, 0.1) is 11.3 Å². The number of hydrogen-bond donors (Lipinski definition) is 3. The highest BCUT2D eigenvalue weighted by atomic mass is 19.1. The molecule has 0 saturated heterocycles. The van der Waals surface area contributed by atoms with Crippen molar-refractivity contribution in [1.29, 1.82) is 0 Å². The summed E-state index contributed by atoms with van der Waals surface area (Å²) < 4.78 is 13.7. The zero-order valence-corrected chi connectivity index (χ0v) is 11.6. The van der Waals surface area contributed by atoms with Crippen molar-refractivity contribution in [2.45, 2.75) is 38.1 Å². The van der Waals surface area contributed by atoms with Crippen molar-refractivity contribution in [2.75, 3.05) is 5.32 Å². The molecule has 2 rings (SSSR count). The van der Waals surface area contributed by atoms with E-state index in [-0.39, 0.29) is 17.2 Å². The molecule has 0 heterocycles. The van der Waals surface area contributed by atoms with Crippen LogP contribution in [0, 0.1) is 11.7 Å². The lowest BCUT2D eigenvalue weighted by Gasteiger charge is -2.29. The van der Waals surface area contributed by atoms with Crippen LogP contribution in [0.1, 0.15) is 42.5 Å². The lowest BCUT2D eigenvalue weighted by atomic mass is 9.83. The summed E-state index contributed by atoms with van der Waals surface area (Å²) in [5.74, 6) is -2.69. The number of carbonyl (C=O) groups is 2. The second-order valence-corrected chi connectivity index (χ2v) is 5.38. The van der Waals surface area contributed by atoms with E-state index in [9.17, 15) is 19.1 Å². The van der Waals surface area contributed by atoms with E-state index < -0.39 is 23.7 Å². The van der Waals surface area contributed by atoms with Crippen LogP contribution < -0.4 is 11.1 Å². The van der Waals surface area contributed by atoms with E-state index in [1.165, 1.54) is 12.1 Å². The third kappa shape index (κ3) is 3.51. The lowest BCUT2D eigenvalue weighted by molar-refractivity contribution is -0.139. The number of carbonyl (C=O) groups excluding carboxylic acids is 1. The Kier molecular flexibility index (Phi) is 4.77. The van der Waals surface area contributed by atoms with E-state index in [0.717, 1.165) is 38.2 Å². The molecule has 5 nitrogen and oxygen atoms in total. The molecule has 1 unspecified atom stereocenters. The Labute approximate surface area is 122 Å². The number of carboxylic acids is 1. The Morgan fingerprint density at radius 3 is 2.52 bits per heavy atom. The van der Waals surface area contributed by atoms with Crippen molar-refractivity contribution >= 4 is 17.6 Å². The van der Waals surface area contributed by atoms with Gasteiger partial charge in [0.25, 0.3) is 5.91 Å². The van der Waals surface area contributed by atoms with Crippen LogP contribution >= 0.6 is 0 Å². The maximum Gasteiger partial charge on any atom is 0.326 e. The van der Waals surface area contributed by atoms with Crippen molar-refractivity contribution in [3.05, 3.63) is 29.6 Å². The summed E-state index contributed by atoms with van der Waals surface area (Å²) in [6.45, 7) is 0. The van der Waals surface area contributed by atoms with Crippen LogP contribution in [0.25, 0.3) is 0 Å². The van der Waals surface area contributed by atoms with Crippen molar-refractivity contribution in [1.82, 2.24) is 0 Å². The maximum atomic E-state index is 13.7. The number of nitrogens with one attached hydrogen (secondary N) is 1. The quantitative estimate of drug-likeness (QED) is 0.777. The van der Waals surface area contributed by atoms with Gasteiger partial charge in [-0.3, -0.25) is 4.79 Å². The molecule has 21 heavy (non-hydrogen) atoms. The molecule has 1 saturated carbocycles. The third-order valence-electron chi connectivity index (χ3n) is 3.96. The lowest BCUT2D eigenvalue weighted by Crippen LogP contribution is -2.38. The molecule has 1 fully saturated rings. The summed E-state index contributed by atoms with van der Waals surface area (Å²) >= 11 is 0. The Morgan fingerprint density at radius 1 is 1.29 bits per heavy atom. The fourth-order valence-electron chi connectivity index (χ4n) is 2.91. The number of benzene rings is 1. The zero-order valence-electron chi connectivity index (χ0n) is 11.6. The van der Waals surface area contributed by atoms with Crippen molar-refractivity contribution in [2.24, 2.45) is 11.7 Å². The molecule has 1 atom stereocenters.